The van der Waals surface area contributed by atoms with Crippen molar-refractivity contribution in [1.29, 1.82) is 5.26 Å². The number of carbonyl (C=O) groups excluding carboxylic acids is 1. The summed E-state index contributed by atoms with van der Waals surface area (Å²) in [6, 6.07) is 18.7. The van der Waals surface area contributed by atoms with E-state index < -0.39 is 0 Å². The second kappa shape index (κ2) is 7.99. The zero-order valence-electron chi connectivity index (χ0n) is 14.4. The van der Waals surface area contributed by atoms with E-state index in [2.05, 4.69) is 5.10 Å². The van der Waals surface area contributed by atoms with Crippen LogP contribution in [0.15, 0.2) is 67.0 Å². The number of nitriles is 1. The molecular formula is C20H18N4O2. The van der Waals surface area contributed by atoms with Gasteiger partial charge in [-0.25, -0.2) is 4.68 Å². The van der Waals surface area contributed by atoms with Crippen LogP contribution >= 0.6 is 0 Å². The molecule has 2 aromatic carbocycles. The van der Waals surface area contributed by atoms with E-state index in [1.807, 2.05) is 42.6 Å². The molecule has 6 nitrogen and oxygen atoms in total. The summed E-state index contributed by atoms with van der Waals surface area (Å²) in [6.07, 6.45) is 3.63. The van der Waals surface area contributed by atoms with E-state index in [4.69, 9.17) is 10.00 Å². The van der Waals surface area contributed by atoms with Crippen LogP contribution in [0.5, 0.6) is 5.75 Å². The van der Waals surface area contributed by atoms with Crippen molar-refractivity contribution in [3.63, 3.8) is 0 Å². The van der Waals surface area contributed by atoms with Gasteiger partial charge in [0.15, 0.2) is 6.61 Å². The van der Waals surface area contributed by atoms with Crippen molar-refractivity contribution in [2.75, 3.05) is 13.7 Å². The van der Waals surface area contributed by atoms with Gasteiger partial charge in [0.2, 0.25) is 0 Å². The monoisotopic (exact) mass is 346 g/mol. The van der Waals surface area contributed by atoms with Gasteiger partial charge in [-0.3, -0.25) is 4.79 Å². The van der Waals surface area contributed by atoms with Gasteiger partial charge >= 0.3 is 0 Å². The summed E-state index contributed by atoms with van der Waals surface area (Å²) in [7, 11) is 1.71. The van der Waals surface area contributed by atoms with Crippen LogP contribution in [0.25, 0.3) is 5.69 Å². The first kappa shape index (κ1) is 17.2. The first-order valence-corrected chi connectivity index (χ1v) is 8.12. The lowest BCUT2D eigenvalue weighted by Gasteiger charge is -2.16. The Balaban J connectivity index is 1.58. The minimum absolute atomic E-state index is 0.123. The highest BCUT2D eigenvalue weighted by atomic mass is 16.5. The van der Waals surface area contributed by atoms with Gasteiger partial charge in [-0.1, -0.05) is 30.3 Å². The highest BCUT2D eigenvalue weighted by Crippen LogP contribution is 2.16. The summed E-state index contributed by atoms with van der Waals surface area (Å²) >= 11 is 0. The van der Waals surface area contributed by atoms with Crippen molar-refractivity contribution in [2.24, 2.45) is 0 Å². The summed E-state index contributed by atoms with van der Waals surface area (Å²) in [5.41, 5.74) is 2.29. The fourth-order valence-electron chi connectivity index (χ4n) is 2.46. The molecule has 0 aliphatic heterocycles. The summed E-state index contributed by atoms with van der Waals surface area (Å²) in [5, 5.41) is 13.4. The van der Waals surface area contributed by atoms with Crippen LogP contribution in [0.1, 0.15) is 11.1 Å². The number of nitrogens with zero attached hydrogens (tertiary/aromatic N) is 4. The van der Waals surface area contributed by atoms with Crippen LogP contribution in [0.2, 0.25) is 0 Å². The van der Waals surface area contributed by atoms with Crippen molar-refractivity contribution < 1.29 is 9.53 Å². The SMILES string of the molecule is CN(Cc1cnn(-c2ccccc2)c1)C(=O)COc1ccccc1C#N. The minimum atomic E-state index is -0.176. The number of benzene rings is 2. The van der Waals surface area contributed by atoms with Gasteiger partial charge in [-0.05, 0) is 24.3 Å². The van der Waals surface area contributed by atoms with Crippen LogP contribution in [-0.2, 0) is 11.3 Å². The third-order valence-corrected chi connectivity index (χ3v) is 3.86. The summed E-state index contributed by atoms with van der Waals surface area (Å²) < 4.78 is 7.26. The van der Waals surface area contributed by atoms with Crippen LogP contribution < -0.4 is 4.74 Å². The van der Waals surface area contributed by atoms with Crippen LogP contribution in [-0.4, -0.2) is 34.2 Å². The first-order valence-electron chi connectivity index (χ1n) is 8.12. The summed E-state index contributed by atoms with van der Waals surface area (Å²) in [6.45, 7) is 0.303. The Morgan fingerprint density at radius 2 is 1.92 bits per heavy atom. The van der Waals surface area contributed by atoms with Crippen molar-refractivity contribution in [3.8, 4) is 17.5 Å². The molecule has 3 aromatic rings. The number of carbonyl (C=O) groups is 1. The average Bonchev–Trinajstić information content (AvgIpc) is 3.15. The Bertz CT molecular complexity index is 928. The van der Waals surface area contributed by atoms with Gasteiger partial charge in [-0.15, -0.1) is 0 Å². The van der Waals surface area contributed by atoms with Crippen molar-refractivity contribution in [3.05, 3.63) is 78.1 Å². The van der Waals surface area contributed by atoms with E-state index in [1.54, 1.807) is 47.1 Å². The van der Waals surface area contributed by atoms with E-state index in [-0.39, 0.29) is 12.5 Å². The topological polar surface area (TPSA) is 71.2 Å². The largest absolute Gasteiger partial charge is 0.482 e. The maximum Gasteiger partial charge on any atom is 0.260 e. The molecule has 0 saturated heterocycles. The van der Waals surface area contributed by atoms with Crippen LogP contribution in [0.3, 0.4) is 0 Å². The fourth-order valence-corrected chi connectivity index (χ4v) is 2.46. The average molecular weight is 346 g/mol. The molecule has 0 aliphatic carbocycles. The molecule has 0 fully saturated rings. The second-order valence-corrected chi connectivity index (χ2v) is 5.78. The number of hydrogen-bond donors (Lipinski definition) is 0. The lowest BCUT2D eigenvalue weighted by Crippen LogP contribution is -2.30. The molecule has 0 aliphatic rings. The molecule has 3 rings (SSSR count). The van der Waals surface area contributed by atoms with E-state index in [0.29, 0.717) is 17.9 Å². The molecule has 1 aromatic heterocycles. The van der Waals surface area contributed by atoms with Gasteiger partial charge in [0, 0.05) is 25.4 Å². The van der Waals surface area contributed by atoms with Crippen LogP contribution in [0, 0.1) is 11.3 Å². The van der Waals surface area contributed by atoms with Crippen molar-refractivity contribution >= 4 is 5.91 Å². The summed E-state index contributed by atoms with van der Waals surface area (Å²) in [4.78, 5) is 13.9. The van der Waals surface area contributed by atoms with Crippen LogP contribution in [0.4, 0.5) is 0 Å². The predicted octanol–water partition coefficient (Wildman–Crippen LogP) is 2.78. The molecule has 0 spiro atoms. The highest BCUT2D eigenvalue weighted by molar-refractivity contribution is 5.77. The lowest BCUT2D eigenvalue weighted by molar-refractivity contribution is -0.132. The molecule has 26 heavy (non-hydrogen) atoms. The molecule has 6 heteroatoms. The van der Waals surface area contributed by atoms with Crippen molar-refractivity contribution in [1.82, 2.24) is 14.7 Å². The predicted molar refractivity (Wildman–Crippen MR) is 96.7 cm³/mol. The normalized spacial score (nSPS) is 10.2. The van der Waals surface area contributed by atoms with E-state index >= 15 is 0 Å². The molecule has 1 amide bonds. The molecule has 0 N–H and O–H groups in total. The molecule has 0 unspecified atom stereocenters. The number of hydrogen-bond acceptors (Lipinski definition) is 4. The number of rotatable bonds is 6. The smallest absolute Gasteiger partial charge is 0.260 e. The second-order valence-electron chi connectivity index (χ2n) is 5.78. The van der Waals surface area contributed by atoms with E-state index in [0.717, 1.165) is 11.3 Å². The third kappa shape index (κ3) is 4.08. The molecule has 0 saturated carbocycles. The first-order chi connectivity index (χ1) is 12.7. The third-order valence-electron chi connectivity index (χ3n) is 3.86. The minimum Gasteiger partial charge on any atom is -0.482 e. The van der Waals surface area contributed by atoms with Crippen molar-refractivity contribution in [2.45, 2.75) is 6.54 Å². The zero-order valence-corrected chi connectivity index (χ0v) is 14.4. The van der Waals surface area contributed by atoms with E-state index in [9.17, 15) is 4.79 Å². The highest BCUT2D eigenvalue weighted by Gasteiger charge is 2.13. The number of aromatic nitrogens is 2. The van der Waals surface area contributed by atoms with Gasteiger partial charge < -0.3 is 9.64 Å². The van der Waals surface area contributed by atoms with Gasteiger partial charge in [0.25, 0.3) is 5.91 Å². The Kier molecular flexibility index (Phi) is 5.30. The van der Waals surface area contributed by atoms with Gasteiger partial charge in [-0.2, -0.15) is 10.4 Å². The molecular weight excluding hydrogens is 328 g/mol. The maximum atomic E-state index is 12.3. The number of ether oxygens (including phenoxy) is 1. The quantitative estimate of drug-likeness (QED) is 0.688. The molecule has 130 valence electrons. The standard InChI is InChI=1S/C20H18N4O2/c1-23(20(25)15-26-19-10-6-5-7-17(19)11-21)13-16-12-22-24(14-16)18-8-3-2-4-9-18/h2-10,12,14H,13,15H2,1H3. The van der Waals surface area contributed by atoms with Gasteiger partial charge in [0.05, 0.1) is 17.4 Å². The molecule has 0 atom stereocenters. The van der Waals surface area contributed by atoms with Gasteiger partial charge in [0.1, 0.15) is 11.8 Å². The Hall–Kier alpha value is -3.59. The number of amides is 1. The summed E-state index contributed by atoms with van der Waals surface area (Å²) in [5.74, 6) is 0.235. The Morgan fingerprint density at radius 1 is 1.19 bits per heavy atom. The zero-order chi connectivity index (χ0) is 18.4. The Morgan fingerprint density at radius 3 is 2.69 bits per heavy atom. The fraction of sp³-hybridized carbons (Fsp3) is 0.150. The van der Waals surface area contributed by atoms with E-state index in [1.165, 1.54) is 0 Å². The lowest BCUT2D eigenvalue weighted by atomic mass is 10.2. The molecule has 0 bridgehead atoms. The molecule has 0 radical (unpaired) electrons. The number of likely N-dealkylation sites (N-methyl/N-ethyl adjacent to an activating group) is 1. The number of para-hydroxylation sites is 2. The Labute approximate surface area is 151 Å². The maximum absolute atomic E-state index is 12.3. The molecule has 1 heterocycles.